The van der Waals surface area contributed by atoms with Gasteiger partial charge in [-0.3, -0.25) is 4.79 Å². The molecule has 0 fully saturated rings. The molecule has 0 radical (unpaired) electrons. The van der Waals surface area contributed by atoms with E-state index in [0.29, 0.717) is 21.1 Å². The maximum atomic E-state index is 13.3. The number of amides is 1. The Kier molecular flexibility index (Phi) is 6.28. The Morgan fingerprint density at radius 3 is 2.13 bits per heavy atom. The Labute approximate surface area is 181 Å². The van der Waals surface area contributed by atoms with Crippen molar-refractivity contribution in [2.75, 3.05) is 11.4 Å². The number of methoxy groups -OCH3 is 1. The third-order valence-corrected chi connectivity index (χ3v) is 6.24. The number of hydrogen-bond acceptors (Lipinski definition) is 4. The summed E-state index contributed by atoms with van der Waals surface area (Å²) in [4.78, 5) is 12.5. The van der Waals surface area contributed by atoms with Crippen LogP contribution in [0.1, 0.15) is 15.9 Å². The Bertz CT molecular complexity index is 1190. The summed E-state index contributed by atoms with van der Waals surface area (Å²) in [7, 11) is -3.30. The molecule has 0 aromatic heterocycles. The summed E-state index contributed by atoms with van der Waals surface area (Å²) in [5.74, 6) is -0.557. The number of rotatable bonds is 5. The van der Waals surface area contributed by atoms with Crippen molar-refractivity contribution in [2.45, 2.75) is 11.1 Å². The summed E-state index contributed by atoms with van der Waals surface area (Å²) in [5, 5.41) is 0.327. The van der Waals surface area contributed by atoms with Crippen LogP contribution in [0.4, 0.5) is 18.9 Å². The second-order valence-corrected chi connectivity index (χ2v) is 8.53. The normalized spacial score (nSPS) is 11.8. The maximum Gasteiger partial charge on any atom is 0.416 e. The first-order valence-electron chi connectivity index (χ1n) is 8.70. The van der Waals surface area contributed by atoms with Crippen LogP contribution in [0.15, 0.2) is 77.7 Å². The van der Waals surface area contributed by atoms with Gasteiger partial charge in [0, 0.05) is 10.6 Å². The molecular weight excluding hydrogens is 455 g/mol. The lowest BCUT2D eigenvalue weighted by Crippen LogP contribution is -2.37. The zero-order valence-electron chi connectivity index (χ0n) is 15.9. The number of sulfonamides is 1. The third kappa shape index (κ3) is 4.83. The Morgan fingerprint density at radius 1 is 0.968 bits per heavy atom. The van der Waals surface area contributed by atoms with Gasteiger partial charge in [-0.05, 0) is 66.7 Å². The van der Waals surface area contributed by atoms with E-state index in [1.165, 1.54) is 55.6 Å². The number of halogens is 4. The Morgan fingerprint density at radius 2 is 1.58 bits per heavy atom. The van der Waals surface area contributed by atoms with Gasteiger partial charge in [-0.15, -0.1) is 0 Å². The van der Waals surface area contributed by atoms with Crippen molar-refractivity contribution in [3.63, 3.8) is 0 Å². The predicted molar refractivity (Wildman–Crippen MR) is 110 cm³/mol. The van der Waals surface area contributed by atoms with Gasteiger partial charge < -0.3 is 4.74 Å². The van der Waals surface area contributed by atoms with Crippen LogP contribution in [0, 0.1) is 0 Å². The number of anilines is 1. The summed E-state index contributed by atoms with van der Waals surface area (Å²) in [5.41, 5.74) is -1.24. The zero-order chi connectivity index (χ0) is 22.8. The van der Waals surface area contributed by atoms with E-state index < -0.39 is 32.6 Å². The summed E-state index contributed by atoms with van der Waals surface area (Å²) in [6.45, 7) is 0. The van der Waals surface area contributed by atoms with E-state index >= 15 is 0 Å². The molecule has 0 aliphatic rings. The summed E-state index contributed by atoms with van der Waals surface area (Å²) < 4.78 is 71.5. The van der Waals surface area contributed by atoms with Crippen LogP contribution < -0.4 is 9.04 Å². The highest BCUT2D eigenvalue weighted by molar-refractivity contribution is 7.93. The SMILES string of the molecule is COc1ccc(N(C(=O)c2ccc(Cl)cc2)S(=O)(=O)c2cccc(C(F)(F)F)c2)cc1. The summed E-state index contributed by atoms with van der Waals surface area (Å²) in [6.07, 6.45) is -4.75. The van der Waals surface area contributed by atoms with Crippen LogP contribution in [0.3, 0.4) is 0 Å². The molecule has 3 rings (SSSR count). The minimum atomic E-state index is -4.75. The molecule has 1 amide bonds. The third-order valence-electron chi connectivity index (χ3n) is 4.28. The van der Waals surface area contributed by atoms with Gasteiger partial charge in [0.25, 0.3) is 15.9 Å². The summed E-state index contributed by atoms with van der Waals surface area (Å²) in [6, 6.07) is 14.1. The lowest BCUT2D eigenvalue weighted by Gasteiger charge is -2.23. The van der Waals surface area contributed by atoms with Gasteiger partial charge >= 0.3 is 6.18 Å². The van der Waals surface area contributed by atoms with Crippen molar-refractivity contribution < 1.29 is 31.1 Å². The zero-order valence-corrected chi connectivity index (χ0v) is 17.5. The van der Waals surface area contributed by atoms with Gasteiger partial charge in [0.2, 0.25) is 0 Å². The van der Waals surface area contributed by atoms with E-state index in [1.807, 2.05) is 0 Å². The van der Waals surface area contributed by atoms with Crippen LogP contribution in [-0.2, 0) is 16.2 Å². The molecule has 3 aromatic carbocycles. The van der Waals surface area contributed by atoms with Crippen LogP contribution in [-0.4, -0.2) is 21.4 Å². The second-order valence-electron chi connectivity index (χ2n) is 6.31. The standard InChI is InChI=1S/C21H15ClF3NO4S/c1-30-18-11-9-17(10-12-18)26(20(27)14-5-7-16(22)8-6-14)31(28,29)19-4-2-3-15(13-19)21(23,24)25/h2-13H,1H3. The second kappa shape index (κ2) is 8.60. The average Bonchev–Trinajstić information content (AvgIpc) is 2.74. The fraction of sp³-hybridized carbons (Fsp3) is 0.0952. The molecule has 31 heavy (non-hydrogen) atoms. The molecule has 0 spiro atoms. The molecule has 0 saturated carbocycles. The van der Waals surface area contributed by atoms with Crippen molar-refractivity contribution in [1.29, 1.82) is 0 Å². The van der Waals surface area contributed by atoms with Gasteiger partial charge in [0.15, 0.2) is 0 Å². The molecular formula is C21H15ClF3NO4S. The lowest BCUT2D eigenvalue weighted by molar-refractivity contribution is -0.137. The number of carbonyl (C=O) groups excluding carboxylic acids is 1. The average molecular weight is 470 g/mol. The Hall–Kier alpha value is -3.04. The minimum Gasteiger partial charge on any atom is -0.497 e. The van der Waals surface area contributed by atoms with Crippen molar-refractivity contribution in [2.24, 2.45) is 0 Å². The van der Waals surface area contributed by atoms with E-state index in [-0.39, 0.29) is 11.3 Å². The molecule has 10 heteroatoms. The van der Waals surface area contributed by atoms with Crippen LogP contribution in [0.5, 0.6) is 5.75 Å². The first-order chi connectivity index (χ1) is 14.5. The maximum absolute atomic E-state index is 13.3. The number of ether oxygens (including phenoxy) is 1. The number of hydrogen-bond donors (Lipinski definition) is 0. The number of alkyl halides is 3. The number of carbonyl (C=O) groups is 1. The molecule has 162 valence electrons. The summed E-state index contributed by atoms with van der Waals surface area (Å²) >= 11 is 5.83. The Balaban J connectivity index is 2.17. The monoisotopic (exact) mass is 469 g/mol. The van der Waals surface area contributed by atoms with Gasteiger partial charge in [-0.25, -0.2) is 8.42 Å². The first kappa shape index (κ1) is 22.6. The van der Waals surface area contributed by atoms with Gasteiger partial charge in [0.1, 0.15) is 5.75 Å². The highest BCUT2D eigenvalue weighted by atomic mass is 35.5. The fourth-order valence-corrected chi connectivity index (χ4v) is 4.32. The van der Waals surface area contributed by atoms with Crippen molar-refractivity contribution in [3.05, 3.63) is 88.9 Å². The predicted octanol–water partition coefficient (Wildman–Crippen LogP) is 5.40. The molecule has 0 saturated heterocycles. The molecule has 0 aliphatic heterocycles. The molecule has 0 atom stereocenters. The minimum absolute atomic E-state index is 0.0178. The van der Waals surface area contributed by atoms with E-state index in [4.69, 9.17) is 16.3 Å². The molecule has 5 nitrogen and oxygen atoms in total. The van der Waals surface area contributed by atoms with Crippen molar-refractivity contribution in [1.82, 2.24) is 0 Å². The largest absolute Gasteiger partial charge is 0.497 e. The van der Waals surface area contributed by atoms with Crippen molar-refractivity contribution >= 4 is 33.2 Å². The quantitative estimate of drug-likeness (QED) is 0.501. The molecule has 3 aromatic rings. The van der Waals surface area contributed by atoms with Crippen LogP contribution in [0.2, 0.25) is 5.02 Å². The van der Waals surface area contributed by atoms with Gasteiger partial charge in [-0.1, -0.05) is 17.7 Å². The van der Waals surface area contributed by atoms with E-state index in [1.54, 1.807) is 0 Å². The molecule has 0 N–H and O–H groups in total. The van der Waals surface area contributed by atoms with Crippen LogP contribution >= 0.6 is 11.6 Å². The topological polar surface area (TPSA) is 63.7 Å². The van der Waals surface area contributed by atoms with Crippen LogP contribution in [0.25, 0.3) is 0 Å². The van der Waals surface area contributed by atoms with Gasteiger partial charge in [-0.2, -0.15) is 17.5 Å². The highest BCUT2D eigenvalue weighted by Crippen LogP contribution is 2.33. The smallest absolute Gasteiger partial charge is 0.416 e. The lowest BCUT2D eigenvalue weighted by atomic mass is 10.2. The molecule has 0 heterocycles. The van der Waals surface area contributed by atoms with E-state index in [9.17, 15) is 26.4 Å². The fourth-order valence-electron chi connectivity index (χ4n) is 2.73. The highest BCUT2D eigenvalue weighted by Gasteiger charge is 2.35. The molecule has 0 bridgehead atoms. The van der Waals surface area contributed by atoms with E-state index in [0.717, 1.165) is 18.2 Å². The number of nitrogens with zero attached hydrogens (tertiary/aromatic N) is 1. The first-order valence-corrected chi connectivity index (χ1v) is 10.5. The van der Waals surface area contributed by atoms with E-state index in [2.05, 4.69) is 0 Å². The van der Waals surface area contributed by atoms with Gasteiger partial charge in [0.05, 0.1) is 23.3 Å². The molecule has 0 aliphatic carbocycles. The van der Waals surface area contributed by atoms with Crippen molar-refractivity contribution in [3.8, 4) is 5.75 Å². The number of benzene rings is 3. The molecule has 0 unspecified atom stereocenters.